The molecule has 0 saturated heterocycles. The number of hydrogen-bond acceptors (Lipinski definition) is 8. The van der Waals surface area contributed by atoms with E-state index < -0.39 is 15.6 Å². The summed E-state index contributed by atoms with van der Waals surface area (Å²) in [6.45, 7) is 4.14. The number of carbonyl (C=O) groups excluding carboxylic acids is 2. The highest BCUT2D eigenvalue weighted by Crippen LogP contribution is 2.40. The van der Waals surface area contributed by atoms with E-state index in [0.717, 1.165) is 56.3 Å². The molecule has 5 rings (SSSR count). The molecule has 1 N–H and O–H groups in total. The van der Waals surface area contributed by atoms with Crippen LogP contribution in [0.5, 0.6) is 5.88 Å². The first-order chi connectivity index (χ1) is 20.2. The molecule has 1 aliphatic carbocycles. The molecule has 3 aromatic rings. The number of ether oxygens (including phenoxy) is 1. The fourth-order valence-corrected chi connectivity index (χ4v) is 6.94. The number of hydrogen-bond donors (Lipinski definition) is 1. The second-order valence-corrected chi connectivity index (χ2v) is 12.4. The second-order valence-electron chi connectivity index (χ2n) is 10.8. The van der Waals surface area contributed by atoms with Crippen molar-refractivity contribution in [3.8, 4) is 17.0 Å². The van der Waals surface area contributed by atoms with E-state index in [9.17, 15) is 18.0 Å². The van der Waals surface area contributed by atoms with Gasteiger partial charge < -0.3 is 4.74 Å². The number of anilines is 1. The number of unbranched alkanes of at least 4 members (excludes halogenated alkanes) is 1. The summed E-state index contributed by atoms with van der Waals surface area (Å²) in [6, 6.07) is 11.7. The number of sulfonamides is 1. The monoisotopic (exact) mass is 589 g/mol. The topological polar surface area (TPSA) is 131 Å². The molecule has 2 aromatic carbocycles. The lowest BCUT2D eigenvalue weighted by atomic mass is 9.96. The van der Waals surface area contributed by atoms with Crippen LogP contribution >= 0.6 is 0 Å². The number of aliphatic imine (C=N–C) groups is 1. The second kappa shape index (κ2) is 12.0. The van der Waals surface area contributed by atoms with Gasteiger partial charge in [0.25, 0.3) is 21.8 Å². The molecule has 1 saturated carbocycles. The third kappa shape index (κ3) is 5.65. The number of nitrogens with one attached hydrogen (secondary N) is 1. The smallest absolute Gasteiger partial charge is 0.263 e. The first-order valence-electron chi connectivity index (χ1n) is 14.2. The third-order valence-corrected chi connectivity index (χ3v) is 9.22. The van der Waals surface area contributed by atoms with E-state index >= 15 is 0 Å². The zero-order valence-electron chi connectivity index (χ0n) is 24.1. The fourth-order valence-electron chi connectivity index (χ4n) is 5.71. The van der Waals surface area contributed by atoms with E-state index in [0.29, 0.717) is 35.2 Å². The van der Waals surface area contributed by atoms with E-state index in [-0.39, 0.29) is 22.5 Å². The molecule has 42 heavy (non-hydrogen) atoms. The zero-order valence-corrected chi connectivity index (χ0v) is 24.9. The lowest BCUT2D eigenvalue weighted by molar-refractivity contribution is -0.131. The van der Waals surface area contributed by atoms with Gasteiger partial charge in [-0.05, 0) is 49.4 Å². The molecule has 10 nitrogen and oxygen atoms in total. The Balaban J connectivity index is 1.46. The van der Waals surface area contributed by atoms with E-state index in [2.05, 4.69) is 21.6 Å². The van der Waals surface area contributed by atoms with Gasteiger partial charge in [-0.1, -0.05) is 56.5 Å². The number of amides is 1. The van der Waals surface area contributed by atoms with Gasteiger partial charge in [0, 0.05) is 17.5 Å². The van der Waals surface area contributed by atoms with Crippen molar-refractivity contribution in [1.82, 2.24) is 14.9 Å². The van der Waals surface area contributed by atoms with Crippen LogP contribution in [0.3, 0.4) is 0 Å². The molecule has 1 fully saturated rings. The highest BCUT2D eigenvalue weighted by molar-refractivity contribution is 7.92. The zero-order chi connectivity index (χ0) is 29.9. The summed E-state index contributed by atoms with van der Waals surface area (Å²) in [7, 11) is -2.76. The molecular weight excluding hydrogens is 554 g/mol. The lowest BCUT2D eigenvalue weighted by Crippen LogP contribution is -2.40. The Morgan fingerprint density at radius 2 is 1.88 bits per heavy atom. The Labute approximate surface area is 246 Å². The average molecular weight is 590 g/mol. The van der Waals surface area contributed by atoms with Crippen LogP contribution in [0, 0.1) is 6.92 Å². The van der Waals surface area contributed by atoms with Crippen molar-refractivity contribution in [1.29, 1.82) is 0 Å². The molecule has 0 radical (unpaired) electrons. The molecule has 1 spiro atoms. The molecule has 0 unspecified atom stereocenters. The quantitative estimate of drug-likeness (QED) is 0.300. The predicted octanol–water partition coefficient (Wildman–Crippen LogP) is 5.32. The van der Waals surface area contributed by atoms with Gasteiger partial charge in [-0.3, -0.25) is 24.2 Å². The number of nitrogens with zero attached hydrogens (tertiary/aromatic N) is 4. The Kier molecular flexibility index (Phi) is 8.40. The van der Waals surface area contributed by atoms with Gasteiger partial charge in [-0.15, -0.1) is 0 Å². The van der Waals surface area contributed by atoms with Crippen LogP contribution in [0.25, 0.3) is 11.1 Å². The highest BCUT2D eigenvalue weighted by Gasteiger charge is 2.49. The molecule has 2 heterocycles. The van der Waals surface area contributed by atoms with Crippen LogP contribution in [-0.4, -0.2) is 54.0 Å². The normalized spacial score (nSPS) is 16.1. The number of aldehydes is 1. The van der Waals surface area contributed by atoms with Gasteiger partial charge in [-0.25, -0.2) is 18.4 Å². The van der Waals surface area contributed by atoms with Crippen LogP contribution in [-0.2, 0) is 21.4 Å². The van der Waals surface area contributed by atoms with Gasteiger partial charge in [-0.2, -0.15) is 0 Å². The first-order valence-corrected chi connectivity index (χ1v) is 15.7. The van der Waals surface area contributed by atoms with Crippen molar-refractivity contribution in [3.63, 3.8) is 0 Å². The van der Waals surface area contributed by atoms with Crippen LogP contribution in [0.1, 0.15) is 73.5 Å². The van der Waals surface area contributed by atoms with Crippen molar-refractivity contribution < 1.29 is 22.7 Å². The van der Waals surface area contributed by atoms with Gasteiger partial charge in [0.15, 0.2) is 6.29 Å². The van der Waals surface area contributed by atoms with E-state index in [1.807, 2.05) is 6.07 Å². The van der Waals surface area contributed by atoms with Crippen molar-refractivity contribution >= 4 is 33.9 Å². The van der Waals surface area contributed by atoms with Gasteiger partial charge in [0.05, 0.1) is 30.4 Å². The van der Waals surface area contributed by atoms with Crippen LogP contribution < -0.4 is 9.46 Å². The van der Waals surface area contributed by atoms with Crippen molar-refractivity contribution in [2.75, 3.05) is 11.8 Å². The average Bonchev–Trinajstić information content (AvgIpc) is 3.57. The summed E-state index contributed by atoms with van der Waals surface area (Å²) >= 11 is 0. The number of aromatic nitrogens is 2. The summed E-state index contributed by atoms with van der Waals surface area (Å²) in [4.78, 5) is 40.9. The van der Waals surface area contributed by atoms with Crippen molar-refractivity contribution in [2.24, 2.45) is 4.99 Å². The highest BCUT2D eigenvalue weighted by atomic mass is 32.2. The maximum atomic E-state index is 13.6. The van der Waals surface area contributed by atoms with Gasteiger partial charge in [0.2, 0.25) is 5.82 Å². The molecule has 1 aromatic heterocycles. The molecule has 1 amide bonds. The minimum Gasteiger partial charge on any atom is -0.478 e. The van der Waals surface area contributed by atoms with Crippen LogP contribution in [0.15, 0.2) is 58.5 Å². The molecule has 220 valence electrons. The number of rotatable bonds is 11. The van der Waals surface area contributed by atoms with Crippen molar-refractivity contribution in [3.05, 3.63) is 65.5 Å². The Morgan fingerprint density at radius 1 is 1.12 bits per heavy atom. The maximum absolute atomic E-state index is 13.6. The van der Waals surface area contributed by atoms with Crippen molar-refractivity contribution in [2.45, 2.75) is 75.8 Å². The number of aryl methyl sites for hydroxylation is 1. The van der Waals surface area contributed by atoms with Crippen LogP contribution in [0.4, 0.5) is 5.82 Å². The lowest BCUT2D eigenvalue weighted by Gasteiger charge is -2.23. The maximum Gasteiger partial charge on any atom is 0.263 e. The van der Waals surface area contributed by atoms with Gasteiger partial charge >= 0.3 is 0 Å². The molecule has 11 heteroatoms. The molecule has 2 aliphatic rings. The molecule has 0 bridgehead atoms. The summed E-state index contributed by atoms with van der Waals surface area (Å²) in [5.41, 5.74) is 1.83. The summed E-state index contributed by atoms with van der Waals surface area (Å²) in [5, 5.41) is 0. The fraction of sp³-hybridized carbons (Fsp3) is 0.387. The first kappa shape index (κ1) is 29.4. The third-order valence-electron chi connectivity index (χ3n) is 7.82. The largest absolute Gasteiger partial charge is 0.478 e. The van der Waals surface area contributed by atoms with E-state index in [1.165, 1.54) is 19.4 Å². The molecule has 0 atom stereocenters. The number of carbonyl (C=O) groups is 2. The number of amidine groups is 1. The predicted molar refractivity (Wildman–Crippen MR) is 160 cm³/mol. The minimum absolute atomic E-state index is 0.0304. The standard InChI is InChI=1S/C31H35N5O5S/c1-4-5-12-27-34-31(15-8-9-16-31)30(38)36(27)19-22-13-14-24(23(17-22)20-37)25-10-6-7-11-26(25)42(39,40)35-28-29(41-3)33-21(2)18-32-28/h6-7,10-11,13-14,17-18,20H,4-5,8-9,12,15-16,19H2,1-3H3,(H,32,35). The van der Waals surface area contributed by atoms with E-state index in [4.69, 9.17) is 9.73 Å². The van der Waals surface area contributed by atoms with Gasteiger partial charge in [0.1, 0.15) is 11.4 Å². The summed E-state index contributed by atoms with van der Waals surface area (Å²) in [6.07, 6.45) is 8.36. The Bertz CT molecular complexity index is 1650. The number of benzene rings is 2. The minimum atomic E-state index is -4.14. The van der Waals surface area contributed by atoms with E-state index in [1.54, 1.807) is 42.2 Å². The SMILES string of the molecule is CCCCC1=NC2(CCCC2)C(=O)N1Cc1ccc(-c2ccccc2S(=O)(=O)Nc2ncc(C)nc2OC)c(C=O)c1. The Morgan fingerprint density at radius 3 is 2.60 bits per heavy atom. The molecular formula is C31H35N5O5S. The molecule has 1 aliphatic heterocycles. The summed E-state index contributed by atoms with van der Waals surface area (Å²) in [5.74, 6) is 0.865. The number of methoxy groups -OCH3 is 1. The van der Waals surface area contributed by atoms with Crippen LogP contribution in [0.2, 0.25) is 0 Å². The summed E-state index contributed by atoms with van der Waals surface area (Å²) < 4.78 is 34.8. The Hall–Kier alpha value is -4.12.